The van der Waals surface area contributed by atoms with Crippen molar-refractivity contribution in [1.82, 2.24) is 4.90 Å². The number of carboxylic acid groups (broad SMARTS) is 1. The minimum atomic E-state index is -1.10. The fourth-order valence-corrected chi connectivity index (χ4v) is 1.96. The highest BCUT2D eigenvalue weighted by molar-refractivity contribution is 5.80. The van der Waals surface area contributed by atoms with E-state index in [0.29, 0.717) is 6.42 Å². The van der Waals surface area contributed by atoms with Crippen LogP contribution in [-0.2, 0) is 22.4 Å². The van der Waals surface area contributed by atoms with Crippen molar-refractivity contribution in [2.75, 3.05) is 7.05 Å². The maximum atomic E-state index is 12.0. The van der Waals surface area contributed by atoms with Crippen LogP contribution in [0.4, 0.5) is 4.79 Å². The Kier molecular flexibility index (Phi) is 6.14. The number of hydrogen-bond donors (Lipinski definition) is 1. The number of nitrogens with zero attached hydrogens (tertiary/aromatic N) is 2. The van der Waals surface area contributed by atoms with Gasteiger partial charge >= 0.3 is 12.1 Å². The maximum absolute atomic E-state index is 12.0. The van der Waals surface area contributed by atoms with Gasteiger partial charge in [-0.25, -0.2) is 9.59 Å². The normalized spacial score (nSPS) is 12.1. The Labute approximate surface area is 136 Å². The van der Waals surface area contributed by atoms with Gasteiger partial charge in [-0.2, -0.15) is 5.26 Å². The lowest BCUT2D eigenvalue weighted by Crippen LogP contribution is -2.46. The predicted octanol–water partition coefficient (Wildman–Crippen LogP) is 2.62. The first-order valence-electron chi connectivity index (χ1n) is 7.27. The van der Waals surface area contributed by atoms with Crippen molar-refractivity contribution in [2.45, 2.75) is 45.3 Å². The van der Waals surface area contributed by atoms with Gasteiger partial charge in [-0.3, -0.25) is 4.90 Å². The van der Waals surface area contributed by atoms with Gasteiger partial charge in [-0.15, -0.1) is 0 Å². The van der Waals surface area contributed by atoms with Gasteiger partial charge in [0.2, 0.25) is 0 Å². The fraction of sp³-hybridized carbons (Fsp3) is 0.471. The van der Waals surface area contributed by atoms with Gasteiger partial charge in [-0.05, 0) is 31.9 Å². The Morgan fingerprint density at radius 2 is 1.78 bits per heavy atom. The number of benzene rings is 1. The van der Waals surface area contributed by atoms with Crippen LogP contribution >= 0.6 is 0 Å². The van der Waals surface area contributed by atoms with Gasteiger partial charge in [0.1, 0.15) is 11.6 Å². The third-order valence-corrected chi connectivity index (χ3v) is 3.17. The van der Waals surface area contributed by atoms with Gasteiger partial charge in [0.05, 0.1) is 12.5 Å². The topological polar surface area (TPSA) is 90.6 Å². The molecule has 0 saturated heterocycles. The molecule has 0 unspecified atom stereocenters. The van der Waals surface area contributed by atoms with E-state index in [-0.39, 0.29) is 6.42 Å². The number of carbonyl (C=O) groups excluding carboxylic acids is 1. The van der Waals surface area contributed by atoms with Gasteiger partial charge in [0.25, 0.3) is 0 Å². The van der Waals surface area contributed by atoms with E-state index < -0.39 is 23.7 Å². The number of likely N-dealkylation sites (N-methyl/N-ethyl adjacent to an activating group) is 1. The Bertz CT molecular complexity index is 597. The summed E-state index contributed by atoms with van der Waals surface area (Å²) in [6.07, 6.45) is -0.204. The van der Waals surface area contributed by atoms with Crippen molar-refractivity contribution in [3.8, 4) is 6.07 Å². The molecule has 1 atom stereocenters. The second-order valence-corrected chi connectivity index (χ2v) is 6.30. The Hall–Kier alpha value is -2.55. The summed E-state index contributed by atoms with van der Waals surface area (Å²) in [5.41, 5.74) is 0.950. The van der Waals surface area contributed by atoms with Gasteiger partial charge < -0.3 is 9.84 Å². The monoisotopic (exact) mass is 318 g/mol. The van der Waals surface area contributed by atoms with Crippen molar-refractivity contribution >= 4 is 12.1 Å². The second-order valence-electron chi connectivity index (χ2n) is 6.30. The second kappa shape index (κ2) is 7.63. The number of ether oxygens (including phenoxy) is 1. The molecule has 1 amide bonds. The molecule has 0 fully saturated rings. The van der Waals surface area contributed by atoms with Gasteiger partial charge in [0.15, 0.2) is 0 Å². The van der Waals surface area contributed by atoms with E-state index in [1.807, 2.05) is 0 Å². The molecule has 1 N–H and O–H groups in total. The summed E-state index contributed by atoms with van der Waals surface area (Å²) in [4.78, 5) is 24.6. The van der Waals surface area contributed by atoms with Crippen molar-refractivity contribution in [3.63, 3.8) is 0 Å². The molecule has 6 heteroatoms. The molecule has 1 aromatic carbocycles. The molecule has 0 saturated carbocycles. The van der Waals surface area contributed by atoms with Gasteiger partial charge in [0, 0.05) is 13.5 Å². The zero-order valence-corrected chi connectivity index (χ0v) is 13.9. The number of carboxylic acids is 1. The highest BCUT2D eigenvalue weighted by Gasteiger charge is 2.30. The Morgan fingerprint density at radius 3 is 2.22 bits per heavy atom. The van der Waals surface area contributed by atoms with Crippen molar-refractivity contribution in [3.05, 3.63) is 35.4 Å². The SMILES string of the molecule is CN(C(=O)OC(C)(C)C)[C@@H](Cc1ccc(CC#N)cc1)C(=O)O. The summed E-state index contributed by atoms with van der Waals surface area (Å²) in [5.74, 6) is -1.10. The smallest absolute Gasteiger partial charge is 0.410 e. The molecule has 0 aromatic heterocycles. The standard InChI is InChI=1S/C17H22N2O4/c1-17(2,3)23-16(22)19(4)14(15(20)21)11-13-7-5-12(6-8-13)9-10-18/h5-8,14H,9,11H2,1-4H3,(H,20,21)/t14-/m0/s1. The molecule has 0 spiro atoms. The molecule has 23 heavy (non-hydrogen) atoms. The lowest BCUT2D eigenvalue weighted by molar-refractivity contribution is -0.142. The van der Waals surface area contributed by atoms with Crippen LogP contribution in [0.3, 0.4) is 0 Å². The molecular weight excluding hydrogens is 296 g/mol. The van der Waals surface area contributed by atoms with E-state index in [9.17, 15) is 14.7 Å². The lowest BCUT2D eigenvalue weighted by Gasteiger charge is -2.28. The van der Waals surface area contributed by atoms with E-state index in [1.165, 1.54) is 7.05 Å². The molecule has 0 radical (unpaired) electrons. The number of aliphatic carboxylic acids is 1. The summed E-state index contributed by atoms with van der Waals surface area (Å²) in [7, 11) is 1.41. The van der Waals surface area contributed by atoms with E-state index in [1.54, 1.807) is 45.0 Å². The maximum Gasteiger partial charge on any atom is 0.410 e. The zero-order chi connectivity index (χ0) is 17.6. The van der Waals surface area contributed by atoms with E-state index in [2.05, 4.69) is 6.07 Å². The summed E-state index contributed by atoms with van der Waals surface area (Å²) in [6.45, 7) is 5.17. The Balaban J connectivity index is 2.84. The van der Waals surface area contributed by atoms with Crippen molar-refractivity contribution in [2.24, 2.45) is 0 Å². The van der Waals surface area contributed by atoms with Crippen molar-refractivity contribution in [1.29, 1.82) is 5.26 Å². The van der Waals surface area contributed by atoms with Crippen LogP contribution < -0.4 is 0 Å². The minimum Gasteiger partial charge on any atom is -0.480 e. The Morgan fingerprint density at radius 1 is 1.26 bits per heavy atom. The highest BCUT2D eigenvalue weighted by atomic mass is 16.6. The van der Waals surface area contributed by atoms with Crippen LogP contribution in [-0.4, -0.2) is 40.8 Å². The molecule has 1 aromatic rings. The molecule has 0 aliphatic carbocycles. The van der Waals surface area contributed by atoms with Crippen LogP contribution in [0.1, 0.15) is 31.9 Å². The highest BCUT2D eigenvalue weighted by Crippen LogP contribution is 2.14. The van der Waals surface area contributed by atoms with Crippen LogP contribution in [0.2, 0.25) is 0 Å². The quantitative estimate of drug-likeness (QED) is 0.901. The van der Waals surface area contributed by atoms with Crippen LogP contribution in [0, 0.1) is 11.3 Å². The largest absolute Gasteiger partial charge is 0.480 e. The summed E-state index contributed by atoms with van der Waals surface area (Å²) in [6, 6.07) is 8.14. The summed E-state index contributed by atoms with van der Waals surface area (Å²) >= 11 is 0. The average Bonchev–Trinajstić information content (AvgIpc) is 2.44. The molecule has 0 aliphatic heterocycles. The molecule has 6 nitrogen and oxygen atoms in total. The lowest BCUT2D eigenvalue weighted by atomic mass is 10.0. The number of nitriles is 1. The summed E-state index contributed by atoms with van der Waals surface area (Å²) in [5, 5.41) is 18.0. The molecule has 1 rings (SSSR count). The summed E-state index contributed by atoms with van der Waals surface area (Å²) < 4.78 is 5.21. The molecular formula is C17H22N2O4. The molecule has 0 bridgehead atoms. The van der Waals surface area contributed by atoms with E-state index >= 15 is 0 Å². The van der Waals surface area contributed by atoms with E-state index in [0.717, 1.165) is 16.0 Å². The molecule has 124 valence electrons. The van der Waals surface area contributed by atoms with E-state index in [4.69, 9.17) is 10.00 Å². The van der Waals surface area contributed by atoms with Crippen molar-refractivity contribution < 1.29 is 19.4 Å². The first-order chi connectivity index (χ1) is 10.6. The number of hydrogen-bond acceptors (Lipinski definition) is 4. The zero-order valence-electron chi connectivity index (χ0n) is 13.9. The third kappa shape index (κ3) is 5.99. The predicted molar refractivity (Wildman–Crippen MR) is 84.9 cm³/mol. The van der Waals surface area contributed by atoms with Gasteiger partial charge in [-0.1, -0.05) is 24.3 Å². The minimum absolute atomic E-state index is 0.165. The first-order valence-corrected chi connectivity index (χ1v) is 7.27. The van der Waals surface area contributed by atoms with Crippen LogP contribution in [0.5, 0.6) is 0 Å². The first kappa shape index (κ1) is 18.5. The fourth-order valence-electron chi connectivity index (χ4n) is 1.96. The van der Waals surface area contributed by atoms with Crippen LogP contribution in [0.25, 0.3) is 0 Å². The number of rotatable bonds is 5. The van der Waals surface area contributed by atoms with Crippen LogP contribution in [0.15, 0.2) is 24.3 Å². The average molecular weight is 318 g/mol. The number of amides is 1. The molecule has 0 heterocycles. The molecule has 0 aliphatic rings. The number of carbonyl (C=O) groups is 2. The third-order valence-electron chi connectivity index (χ3n) is 3.17.